The molecule has 1 amide bonds. The second kappa shape index (κ2) is 4.99. The predicted molar refractivity (Wildman–Crippen MR) is 72.4 cm³/mol. The molecule has 3 heterocycles. The molecule has 1 N–H and O–H groups in total. The van der Waals surface area contributed by atoms with Gasteiger partial charge in [-0.1, -0.05) is 6.07 Å². The van der Waals surface area contributed by atoms with E-state index in [-0.39, 0.29) is 12.1 Å². The topological polar surface area (TPSA) is 35.6 Å². The normalized spacial score (nSPS) is 27.1. The van der Waals surface area contributed by atoms with Crippen molar-refractivity contribution in [2.24, 2.45) is 0 Å². The van der Waals surface area contributed by atoms with Gasteiger partial charge in [0.1, 0.15) is 6.17 Å². The maximum absolute atomic E-state index is 12.1. The molecule has 3 rings (SSSR count). The fourth-order valence-corrected chi connectivity index (χ4v) is 3.69. The molecule has 18 heavy (non-hydrogen) atoms. The maximum atomic E-state index is 12.1. The number of thiophene rings is 1. The zero-order valence-electron chi connectivity index (χ0n) is 10.6. The number of amides is 1. The Balaban J connectivity index is 1.77. The van der Waals surface area contributed by atoms with E-state index < -0.39 is 0 Å². The van der Waals surface area contributed by atoms with Crippen molar-refractivity contribution >= 4 is 17.2 Å². The summed E-state index contributed by atoms with van der Waals surface area (Å²) < 4.78 is 0. The van der Waals surface area contributed by atoms with Crippen LogP contribution in [0, 0.1) is 0 Å². The molecule has 1 unspecified atom stereocenters. The zero-order valence-corrected chi connectivity index (χ0v) is 11.4. The van der Waals surface area contributed by atoms with Gasteiger partial charge in [-0.3, -0.25) is 10.1 Å². The van der Waals surface area contributed by atoms with Crippen LogP contribution in [-0.2, 0) is 4.79 Å². The lowest BCUT2D eigenvalue weighted by molar-refractivity contribution is -0.131. The van der Waals surface area contributed by atoms with E-state index >= 15 is 0 Å². The van der Waals surface area contributed by atoms with Gasteiger partial charge in [-0.25, -0.2) is 0 Å². The molecular formula is C13H19N3OS. The molecule has 0 bridgehead atoms. The third-order valence-corrected chi connectivity index (χ3v) is 4.83. The fourth-order valence-electron chi connectivity index (χ4n) is 2.89. The van der Waals surface area contributed by atoms with E-state index in [4.69, 9.17) is 0 Å². The minimum absolute atomic E-state index is 0.103. The van der Waals surface area contributed by atoms with Gasteiger partial charge < -0.3 is 9.80 Å². The number of hydrogen-bond donors (Lipinski definition) is 1. The van der Waals surface area contributed by atoms with Crippen molar-refractivity contribution in [3.63, 3.8) is 0 Å². The molecule has 98 valence electrons. The summed E-state index contributed by atoms with van der Waals surface area (Å²) in [5, 5.41) is 5.42. The minimum Gasteiger partial charge on any atom is -0.318 e. The molecular weight excluding hydrogens is 246 g/mol. The Morgan fingerprint density at radius 2 is 2.17 bits per heavy atom. The van der Waals surface area contributed by atoms with Crippen LogP contribution in [-0.4, -0.2) is 48.4 Å². The zero-order chi connectivity index (χ0) is 12.5. The van der Waals surface area contributed by atoms with Gasteiger partial charge in [-0.2, -0.15) is 0 Å². The highest BCUT2D eigenvalue weighted by Crippen LogP contribution is 2.31. The van der Waals surface area contributed by atoms with Crippen LogP contribution in [0.15, 0.2) is 17.5 Å². The van der Waals surface area contributed by atoms with Gasteiger partial charge in [0, 0.05) is 10.9 Å². The molecule has 0 aromatic carbocycles. The molecule has 2 saturated heterocycles. The van der Waals surface area contributed by atoms with Crippen molar-refractivity contribution in [3.8, 4) is 0 Å². The van der Waals surface area contributed by atoms with Crippen LogP contribution >= 0.6 is 11.3 Å². The Morgan fingerprint density at radius 1 is 1.39 bits per heavy atom. The summed E-state index contributed by atoms with van der Waals surface area (Å²) in [5.74, 6) is 0.253. The Morgan fingerprint density at radius 3 is 2.83 bits per heavy atom. The maximum Gasteiger partial charge on any atom is 0.238 e. The number of nitrogens with one attached hydrogen (secondary N) is 1. The van der Waals surface area contributed by atoms with Gasteiger partial charge in [0.15, 0.2) is 0 Å². The van der Waals surface area contributed by atoms with Gasteiger partial charge in [0.25, 0.3) is 0 Å². The van der Waals surface area contributed by atoms with Crippen LogP contribution in [0.5, 0.6) is 0 Å². The molecule has 2 aliphatic heterocycles. The third kappa shape index (κ3) is 2.18. The third-order valence-electron chi connectivity index (χ3n) is 3.91. The van der Waals surface area contributed by atoms with E-state index in [1.807, 2.05) is 0 Å². The highest BCUT2D eigenvalue weighted by atomic mass is 32.1. The van der Waals surface area contributed by atoms with Gasteiger partial charge in [-0.05, 0) is 44.4 Å². The molecule has 0 spiro atoms. The van der Waals surface area contributed by atoms with Crippen molar-refractivity contribution in [2.45, 2.75) is 25.0 Å². The number of rotatable bonds is 2. The lowest BCUT2D eigenvalue weighted by atomic mass is 10.0. The monoisotopic (exact) mass is 265 g/mol. The van der Waals surface area contributed by atoms with E-state index in [1.54, 1.807) is 11.3 Å². The Bertz CT molecular complexity index is 412. The van der Waals surface area contributed by atoms with Gasteiger partial charge >= 0.3 is 0 Å². The molecule has 4 nitrogen and oxygen atoms in total. The average molecular weight is 265 g/mol. The summed E-state index contributed by atoms with van der Waals surface area (Å²) in [6, 6.07) is 4.57. The van der Waals surface area contributed by atoms with Crippen molar-refractivity contribution in [3.05, 3.63) is 22.4 Å². The Kier molecular flexibility index (Phi) is 3.37. The van der Waals surface area contributed by atoms with Crippen molar-refractivity contribution in [1.29, 1.82) is 0 Å². The highest BCUT2D eigenvalue weighted by molar-refractivity contribution is 7.10. The van der Waals surface area contributed by atoms with E-state index in [0.717, 1.165) is 25.9 Å². The van der Waals surface area contributed by atoms with Gasteiger partial charge in [-0.15, -0.1) is 11.3 Å². The molecule has 1 atom stereocenters. The van der Waals surface area contributed by atoms with E-state index in [1.165, 1.54) is 4.88 Å². The first-order chi connectivity index (χ1) is 8.75. The summed E-state index contributed by atoms with van der Waals surface area (Å²) in [6.07, 6.45) is 2.28. The van der Waals surface area contributed by atoms with E-state index in [2.05, 4.69) is 39.7 Å². The Hall–Kier alpha value is -0.910. The number of likely N-dealkylation sites (tertiary alicyclic amines) is 1. The standard InChI is InChI=1S/C13H19N3OS/c1-15-6-4-10(5-7-15)16-12(17)9-14-13(16)11-3-2-8-18-11/h2-3,8,10,13-14H,4-7,9H2,1H3. The molecule has 1 aromatic rings. The van der Waals surface area contributed by atoms with E-state index in [9.17, 15) is 4.79 Å². The van der Waals surface area contributed by atoms with Crippen molar-refractivity contribution in [1.82, 2.24) is 15.1 Å². The smallest absolute Gasteiger partial charge is 0.238 e. The summed E-state index contributed by atoms with van der Waals surface area (Å²) in [7, 11) is 2.15. The highest BCUT2D eigenvalue weighted by Gasteiger charge is 2.37. The van der Waals surface area contributed by atoms with Crippen LogP contribution in [0.1, 0.15) is 23.9 Å². The average Bonchev–Trinajstić information content (AvgIpc) is 2.99. The second-order valence-corrected chi connectivity index (χ2v) is 6.11. The number of piperidine rings is 1. The van der Waals surface area contributed by atoms with E-state index in [0.29, 0.717) is 12.6 Å². The Labute approximate surface area is 112 Å². The van der Waals surface area contributed by atoms with Crippen molar-refractivity contribution < 1.29 is 4.79 Å². The largest absolute Gasteiger partial charge is 0.318 e. The fraction of sp³-hybridized carbons (Fsp3) is 0.615. The number of nitrogens with zero attached hydrogens (tertiary/aromatic N) is 2. The van der Waals surface area contributed by atoms with Crippen LogP contribution in [0.25, 0.3) is 0 Å². The molecule has 0 aliphatic carbocycles. The first kappa shape index (κ1) is 12.1. The SMILES string of the molecule is CN1CCC(N2C(=O)CNC2c2cccs2)CC1. The van der Waals surface area contributed by atoms with Crippen LogP contribution in [0.3, 0.4) is 0 Å². The lowest BCUT2D eigenvalue weighted by Gasteiger charge is -2.37. The first-order valence-electron chi connectivity index (χ1n) is 6.52. The summed E-state index contributed by atoms with van der Waals surface area (Å²) in [5.41, 5.74) is 0. The number of hydrogen-bond acceptors (Lipinski definition) is 4. The number of carbonyl (C=O) groups is 1. The van der Waals surface area contributed by atoms with Crippen LogP contribution in [0.4, 0.5) is 0 Å². The molecule has 0 radical (unpaired) electrons. The molecule has 2 aliphatic rings. The number of carbonyl (C=O) groups excluding carboxylic acids is 1. The molecule has 1 aromatic heterocycles. The van der Waals surface area contributed by atoms with Crippen LogP contribution in [0.2, 0.25) is 0 Å². The summed E-state index contributed by atoms with van der Waals surface area (Å²) >= 11 is 1.72. The first-order valence-corrected chi connectivity index (χ1v) is 7.40. The second-order valence-electron chi connectivity index (χ2n) is 5.13. The van der Waals surface area contributed by atoms with Crippen molar-refractivity contribution in [2.75, 3.05) is 26.7 Å². The summed E-state index contributed by atoms with van der Waals surface area (Å²) in [6.45, 7) is 2.66. The predicted octanol–water partition coefficient (Wildman–Crippen LogP) is 1.27. The quantitative estimate of drug-likeness (QED) is 0.875. The molecule has 2 fully saturated rings. The van der Waals surface area contributed by atoms with Gasteiger partial charge in [0.2, 0.25) is 5.91 Å². The summed E-state index contributed by atoms with van der Waals surface area (Å²) in [4.78, 5) is 17.8. The molecule has 0 saturated carbocycles. The minimum atomic E-state index is 0.103. The van der Waals surface area contributed by atoms with Gasteiger partial charge in [0.05, 0.1) is 6.54 Å². The molecule has 5 heteroatoms. The lowest BCUT2D eigenvalue weighted by Crippen LogP contribution is -2.45. The van der Waals surface area contributed by atoms with Crippen LogP contribution < -0.4 is 5.32 Å².